The minimum Gasteiger partial charge on any atom is -0.496 e. The summed E-state index contributed by atoms with van der Waals surface area (Å²) in [5, 5.41) is 9.03. The average Bonchev–Trinajstić information content (AvgIpc) is 2.29. The van der Waals surface area contributed by atoms with Crippen LogP contribution in [0.25, 0.3) is 0 Å². The highest BCUT2D eigenvalue weighted by molar-refractivity contribution is 5.40. The zero-order chi connectivity index (χ0) is 11.1. The van der Waals surface area contributed by atoms with E-state index >= 15 is 0 Å². The molecule has 0 bridgehead atoms. The zero-order valence-electron chi connectivity index (χ0n) is 9.03. The molecule has 15 heavy (non-hydrogen) atoms. The molecule has 0 aliphatic rings. The molecule has 0 amide bonds. The summed E-state index contributed by atoms with van der Waals surface area (Å²) < 4.78 is 10.6. The molecule has 0 aliphatic heterocycles. The maximum absolute atomic E-state index is 9.03. The van der Waals surface area contributed by atoms with Gasteiger partial charge >= 0.3 is 0 Å². The number of ether oxygens (including phenoxy) is 2. The molecular weight excluding hydrogens is 192 g/mol. The van der Waals surface area contributed by atoms with Crippen LogP contribution in [0.15, 0.2) is 18.2 Å². The van der Waals surface area contributed by atoms with Gasteiger partial charge in [-0.2, -0.15) is 0 Å². The van der Waals surface area contributed by atoms with Gasteiger partial charge in [-0.1, -0.05) is 13.3 Å². The van der Waals surface area contributed by atoms with Gasteiger partial charge in [-0.15, -0.1) is 0 Å². The van der Waals surface area contributed by atoms with Crippen LogP contribution < -0.4 is 9.47 Å². The van der Waals surface area contributed by atoms with Gasteiger partial charge in [0.1, 0.15) is 11.5 Å². The number of unbranched alkanes of at least 4 members (excludes halogenated alkanes) is 1. The molecule has 0 heterocycles. The van der Waals surface area contributed by atoms with Crippen molar-refractivity contribution in [3.8, 4) is 11.5 Å². The predicted molar refractivity (Wildman–Crippen MR) is 59.0 cm³/mol. The first-order valence-electron chi connectivity index (χ1n) is 5.01. The monoisotopic (exact) mass is 209 g/mol. The van der Waals surface area contributed by atoms with Gasteiger partial charge in [-0.05, 0) is 18.6 Å². The van der Waals surface area contributed by atoms with Gasteiger partial charge in [0.25, 0.3) is 0 Å². The van der Waals surface area contributed by atoms with Gasteiger partial charge in [-0.25, -0.2) is 0 Å². The molecule has 1 N–H and O–H groups in total. The molecule has 1 radical (unpaired) electrons. The van der Waals surface area contributed by atoms with Crippen molar-refractivity contribution in [3.05, 3.63) is 30.7 Å². The lowest BCUT2D eigenvalue weighted by atomic mass is 10.2. The lowest BCUT2D eigenvalue weighted by Crippen LogP contribution is -1.98. The quantitative estimate of drug-likeness (QED) is 0.730. The molecule has 0 fully saturated rings. The number of aliphatic hydroxyl groups excluding tert-OH is 1. The summed E-state index contributed by atoms with van der Waals surface area (Å²) in [5.41, 5.74) is 0.766. The van der Waals surface area contributed by atoms with E-state index in [1.165, 1.54) is 0 Å². The molecule has 0 aliphatic carbocycles. The Morgan fingerprint density at radius 3 is 2.80 bits per heavy atom. The third kappa shape index (κ3) is 3.44. The number of rotatable bonds is 6. The lowest BCUT2D eigenvalue weighted by molar-refractivity contribution is 0.272. The van der Waals surface area contributed by atoms with Crippen molar-refractivity contribution in [1.82, 2.24) is 0 Å². The summed E-state index contributed by atoms with van der Waals surface area (Å²) in [6.07, 6.45) is 1.80. The molecule has 3 heteroatoms. The minimum absolute atomic E-state index is 0.0255. The first kappa shape index (κ1) is 11.9. The van der Waals surface area contributed by atoms with Crippen LogP contribution in [0.5, 0.6) is 11.5 Å². The van der Waals surface area contributed by atoms with Crippen LogP contribution in [0.3, 0.4) is 0 Å². The molecule has 83 valence electrons. The summed E-state index contributed by atoms with van der Waals surface area (Å²) in [5.74, 6) is 1.42. The Bertz CT molecular complexity index is 297. The number of hydrogen-bond donors (Lipinski definition) is 1. The number of benzene rings is 1. The van der Waals surface area contributed by atoms with Crippen LogP contribution in [0.1, 0.15) is 18.4 Å². The molecule has 1 aromatic carbocycles. The molecule has 1 rings (SSSR count). The van der Waals surface area contributed by atoms with Crippen LogP contribution in [-0.2, 0) is 6.61 Å². The van der Waals surface area contributed by atoms with Crippen molar-refractivity contribution in [2.24, 2.45) is 0 Å². The minimum atomic E-state index is -0.0255. The highest BCUT2D eigenvalue weighted by Crippen LogP contribution is 2.24. The Morgan fingerprint density at radius 2 is 2.20 bits per heavy atom. The molecule has 0 aromatic heterocycles. The Morgan fingerprint density at radius 1 is 1.40 bits per heavy atom. The van der Waals surface area contributed by atoms with E-state index in [-0.39, 0.29) is 6.61 Å². The predicted octanol–water partition coefficient (Wildman–Crippen LogP) is 2.18. The summed E-state index contributed by atoms with van der Waals surface area (Å²) in [6, 6.07) is 5.42. The van der Waals surface area contributed by atoms with Crippen LogP contribution in [0, 0.1) is 6.92 Å². The van der Waals surface area contributed by atoms with E-state index in [0.717, 1.165) is 24.2 Å². The second kappa shape index (κ2) is 6.30. The van der Waals surface area contributed by atoms with E-state index in [9.17, 15) is 0 Å². The molecule has 0 saturated heterocycles. The summed E-state index contributed by atoms with van der Waals surface area (Å²) in [7, 11) is 1.58. The molecule has 1 aromatic rings. The van der Waals surface area contributed by atoms with Crippen LogP contribution in [0.2, 0.25) is 0 Å². The largest absolute Gasteiger partial charge is 0.496 e. The van der Waals surface area contributed by atoms with E-state index in [1.54, 1.807) is 19.2 Å². The van der Waals surface area contributed by atoms with Crippen LogP contribution in [0.4, 0.5) is 0 Å². The fourth-order valence-corrected chi connectivity index (χ4v) is 1.24. The highest BCUT2D eigenvalue weighted by Gasteiger charge is 2.03. The fraction of sp³-hybridized carbons (Fsp3) is 0.417. The van der Waals surface area contributed by atoms with E-state index in [2.05, 4.69) is 6.92 Å². The third-order valence-electron chi connectivity index (χ3n) is 2.09. The first-order valence-corrected chi connectivity index (χ1v) is 5.01. The Hall–Kier alpha value is -1.22. The van der Waals surface area contributed by atoms with Crippen molar-refractivity contribution in [3.63, 3.8) is 0 Å². The van der Waals surface area contributed by atoms with Crippen molar-refractivity contribution in [2.45, 2.75) is 19.4 Å². The molecule has 3 nitrogen and oxygen atoms in total. The van der Waals surface area contributed by atoms with E-state index < -0.39 is 0 Å². The second-order valence-electron chi connectivity index (χ2n) is 3.19. The second-order valence-corrected chi connectivity index (χ2v) is 3.19. The standard InChI is InChI=1S/C12H17O3/c1-3-4-7-15-11-6-5-10(9-13)12(8-11)14-2/h5-6,8,13H,1,3-4,7,9H2,2H3. The Balaban J connectivity index is 2.66. The maximum Gasteiger partial charge on any atom is 0.128 e. The molecule has 0 saturated carbocycles. The smallest absolute Gasteiger partial charge is 0.128 e. The number of hydrogen-bond acceptors (Lipinski definition) is 3. The van der Waals surface area contributed by atoms with Gasteiger partial charge in [0, 0.05) is 11.6 Å². The van der Waals surface area contributed by atoms with E-state index in [0.29, 0.717) is 12.4 Å². The topological polar surface area (TPSA) is 38.7 Å². The van der Waals surface area contributed by atoms with E-state index in [1.807, 2.05) is 6.07 Å². The summed E-state index contributed by atoms with van der Waals surface area (Å²) in [6.45, 7) is 4.37. The normalized spacial score (nSPS) is 10.1. The van der Waals surface area contributed by atoms with Crippen molar-refractivity contribution in [2.75, 3.05) is 13.7 Å². The van der Waals surface area contributed by atoms with Crippen molar-refractivity contribution >= 4 is 0 Å². The Labute approximate surface area is 90.6 Å². The number of aliphatic hydroxyl groups is 1. The lowest BCUT2D eigenvalue weighted by Gasteiger charge is -2.10. The van der Waals surface area contributed by atoms with Gasteiger partial charge in [0.15, 0.2) is 0 Å². The SMILES string of the molecule is [CH2]CCCOc1ccc(CO)c(OC)c1. The van der Waals surface area contributed by atoms with Crippen molar-refractivity contribution < 1.29 is 14.6 Å². The average molecular weight is 209 g/mol. The Kier molecular flexibility index (Phi) is 4.98. The van der Waals surface area contributed by atoms with Gasteiger partial charge in [0.2, 0.25) is 0 Å². The van der Waals surface area contributed by atoms with Crippen LogP contribution >= 0.6 is 0 Å². The van der Waals surface area contributed by atoms with Crippen LogP contribution in [-0.4, -0.2) is 18.8 Å². The molecule has 0 atom stereocenters. The first-order chi connectivity index (χ1) is 7.31. The summed E-state index contributed by atoms with van der Waals surface area (Å²) >= 11 is 0. The highest BCUT2D eigenvalue weighted by atomic mass is 16.5. The van der Waals surface area contributed by atoms with Gasteiger partial charge in [-0.3, -0.25) is 0 Å². The fourth-order valence-electron chi connectivity index (χ4n) is 1.24. The maximum atomic E-state index is 9.03. The molecule has 0 spiro atoms. The van der Waals surface area contributed by atoms with Gasteiger partial charge in [0.05, 0.1) is 20.3 Å². The molecule has 0 unspecified atom stereocenters. The number of methoxy groups -OCH3 is 1. The third-order valence-corrected chi connectivity index (χ3v) is 2.09. The van der Waals surface area contributed by atoms with Crippen molar-refractivity contribution in [1.29, 1.82) is 0 Å². The van der Waals surface area contributed by atoms with E-state index in [4.69, 9.17) is 14.6 Å². The summed E-state index contributed by atoms with van der Waals surface area (Å²) in [4.78, 5) is 0. The van der Waals surface area contributed by atoms with Gasteiger partial charge < -0.3 is 14.6 Å². The zero-order valence-corrected chi connectivity index (χ0v) is 9.03. The molecular formula is C12H17O3.